The monoisotopic (exact) mass is 291 g/mol. The molecule has 1 saturated heterocycles. The molecule has 1 aromatic rings. The summed E-state index contributed by atoms with van der Waals surface area (Å²) < 4.78 is 5.18. The van der Waals surface area contributed by atoms with Crippen molar-refractivity contribution in [1.29, 1.82) is 0 Å². The lowest BCUT2D eigenvalue weighted by Crippen LogP contribution is -2.39. The maximum Gasteiger partial charge on any atom is 0.238 e. The molecule has 0 bridgehead atoms. The Bertz CT molecular complexity index is 473. The number of nitrogens with zero attached hydrogens (tertiary/aromatic N) is 2. The van der Waals surface area contributed by atoms with Crippen LogP contribution in [-0.4, -0.2) is 55.5 Å². The van der Waals surface area contributed by atoms with Crippen LogP contribution in [0.25, 0.3) is 0 Å². The maximum absolute atomic E-state index is 12.1. The van der Waals surface area contributed by atoms with E-state index in [4.69, 9.17) is 4.74 Å². The molecule has 0 aliphatic carbocycles. The van der Waals surface area contributed by atoms with Crippen molar-refractivity contribution >= 4 is 5.91 Å². The molecule has 1 aromatic carbocycles. The van der Waals surface area contributed by atoms with Crippen molar-refractivity contribution in [3.63, 3.8) is 0 Å². The van der Waals surface area contributed by atoms with Gasteiger partial charge in [-0.15, -0.1) is 0 Å². The Kier molecular flexibility index (Phi) is 5.20. The standard InChI is InChI=1S/C16H25N3O2/c1-12(2)18(3)9-10-19-15(20)11-17-16(19)13-5-7-14(21-4)8-6-13/h5-8,12,16-17H,9-11H2,1-4H3. The Hall–Kier alpha value is -1.59. The van der Waals surface area contributed by atoms with Gasteiger partial charge in [0.15, 0.2) is 0 Å². The zero-order chi connectivity index (χ0) is 15.4. The van der Waals surface area contributed by atoms with Crippen LogP contribution in [0, 0.1) is 0 Å². The van der Waals surface area contributed by atoms with Crippen LogP contribution in [0.2, 0.25) is 0 Å². The van der Waals surface area contributed by atoms with Gasteiger partial charge in [0.05, 0.1) is 13.7 Å². The molecule has 1 fully saturated rings. The first kappa shape index (κ1) is 15.8. The van der Waals surface area contributed by atoms with Gasteiger partial charge in [0.25, 0.3) is 0 Å². The first-order valence-electron chi connectivity index (χ1n) is 7.40. The predicted molar refractivity (Wildman–Crippen MR) is 83.2 cm³/mol. The van der Waals surface area contributed by atoms with Crippen LogP contribution in [0.15, 0.2) is 24.3 Å². The summed E-state index contributed by atoms with van der Waals surface area (Å²) in [6, 6.07) is 8.36. The number of carbonyl (C=O) groups excluding carboxylic acids is 1. The van der Waals surface area contributed by atoms with Crippen molar-refractivity contribution in [2.45, 2.75) is 26.1 Å². The van der Waals surface area contributed by atoms with Crippen molar-refractivity contribution < 1.29 is 9.53 Å². The summed E-state index contributed by atoms with van der Waals surface area (Å²) >= 11 is 0. The quantitative estimate of drug-likeness (QED) is 0.862. The topological polar surface area (TPSA) is 44.8 Å². The number of methoxy groups -OCH3 is 1. The Morgan fingerprint density at radius 1 is 1.38 bits per heavy atom. The fourth-order valence-electron chi connectivity index (χ4n) is 2.40. The fourth-order valence-corrected chi connectivity index (χ4v) is 2.40. The highest BCUT2D eigenvalue weighted by Gasteiger charge is 2.31. The smallest absolute Gasteiger partial charge is 0.238 e. The Morgan fingerprint density at radius 3 is 2.62 bits per heavy atom. The lowest BCUT2D eigenvalue weighted by atomic mass is 10.1. The van der Waals surface area contributed by atoms with Crippen molar-refractivity contribution in [3.8, 4) is 5.75 Å². The van der Waals surface area contributed by atoms with Gasteiger partial charge in [-0.3, -0.25) is 10.1 Å². The maximum atomic E-state index is 12.1. The first-order chi connectivity index (χ1) is 10.0. The van der Waals surface area contributed by atoms with Crippen LogP contribution in [0.4, 0.5) is 0 Å². The molecule has 21 heavy (non-hydrogen) atoms. The van der Waals surface area contributed by atoms with E-state index in [1.54, 1.807) is 7.11 Å². The van der Waals surface area contributed by atoms with Crippen LogP contribution < -0.4 is 10.1 Å². The zero-order valence-electron chi connectivity index (χ0n) is 13.3. The van der Waals surface area contributed by atoms with Gasteiger partial charge in [0, 0.05) is 19.1 Å². The van der Waals surface area contributed by atoms with Gasteiger partial charge < -0.3 is 14.5 Å². The fraction of sp³-hybridized carbons (Fsp3) is 0.562. The average Bonchev–Trinajstić information content (AvgIpc) is 2.85. The minimum absolute atomic E-state index is 0.0380. The van der Waals surface area contributed by atoms with Crippen LogP contribution in [-0.2, 0) is 4.79 Å². The molecule has 0 spiro atoms. The highest BCUT2D eigenvalue weighted by atomic mass is 16.5. The minimum atomic E-state index is -0.0380. The highest BCUT2D eigenvalue weighted by molar-refractivity contribution is 5.81. The molecule has 1 aliphatic rings. The Balaban J connectivity index is 2.05. The first-order valence-corrected chi connectivity index (χ1v) is 7.40. The van der Waals surface area contributed by atoms with Crippen molar-refractivity contribution in [2.75, 3.05) is 33.8 Å². The summed E-state index contributed by atoms with van der Waals surface area (Å²) in [6.07, 6.45) is -0.0380. The highest BCUT2D eigenvalue weighted by Crippen LogP contribution is 2.24. The lowest BCUT2D eigenvalue weighted by Gasteiger charge is -2.28. The molecule has 1 heterocycles. The van der Waals surface area contributed by atoms with E-state index in [9.17, 15) is 4.79 Å². The second-order valence-electron chi connectivity index (χ2n) is 5.72. The third-order valence-electron chi connectivity index (χ3n) is 4.09. The summed E-state index contributed by atoms with van der Waals surface area (Å²) in [5.41, 5.74) is 1.09. The predicted octanol–water partition coefficient (Wildman–Crippen LogP) is 1.47. The molecule has 5 heteroatoms. The van der Waals surface area contributed by atoms with E-state index < -0.39 is 0 Å². The number of carbonyl (C=O) groups is 1. The third kappa shape index (κ3) is 3.74. The van der Waals surface area contributed by atoms with Crippen molar-refractivity contribution in [2.24, 2.45) is 0 Å². The number of hydrogen-bond acceptors (Lipinski definition) is 4. The number of ether oxygens (including phenoxy) is 1. The second-order valence-corrected chi connectivity index (χ2v) is 5.72. The van der Waals surface area contributed by atoms with Crippen molar-refractivity contribution in [3.05, 3.63) is 29.8 Å². The molecule has 1 aliphatic heterocycles. The van der Waals surface area contributed by atoms with E-state index in [1.165, 1.54) is 0 Å². The average molecular weight is 291 g/mol. The summed E-state index contributed by atoms with van der Waals surface area (Å²) in [5.74, 6) is 0.988. The molecule has 1 amide bonds. The van der Waals surface area contributed by atoms with Gasteiger partial charge in [-0.05, 0) is 38.6 Å². The van der Waals surface area contributed by atoms with E-state index in [1.807, 2.05) is 29.2 Å². The zero-order valence-corrected chi connectivity index (χ0v) is 13.3. The molecule has 5 nitrogen and oxygen atoms in total. The molecule has 0 saturated carbocycles. The minimum Gasteiger partial charge on any atom is -0.497 e. The van der Waals surface area contributed by atoms with Crippen LogP contribution in [0.3, 0.4) is 0 Å². The van der Waals surface area contributed by atoms with E-state index >= 15 is 0 Å². The molecule has 0 aromatic heterocycles. The Labute approximate surface area is 126 Å². The van der Waals surface area contributed by atoms with Crippen LogP contribution in [0.5, 0.6) is 5.75 Å². The number of likely N-dealkylation sites (N-methyl/N-ethyl adjacent to an activating group) is 1. The van der Waals surface area contributed by atoms with Gasteiger partial charge in [0.1, 0.15) is 11.9 Å². The molecule has 116 valence electrons. The number of nitrogens with one attached hydrogen (secondary N) is 1. The van der Waals surface area contributed by atoms with Gasteiger partial charge in [-0.1, -0.05) is 12.1 Å². The number of rotatable bonds is 6. The molecular formula is C16H25N3O2. The Morgan fingerprint density at radius 2 is 2.05 bits per heavy atom. The summed E-state index contributed by atoms with van der Waals surface area (Å²) in [4.78, 5) is 16.2. The molecular weight excluding hydrogens is 266 g/mol. The number of benzene rings is 1. The largest absolute Gasteiger partial charge is 0.497 e. The van der Waals surface area contributed by atoms with E-state index in [0.29, 0.717) is 12.6 Å². The van der Waals surface area contributed by atoms with Crippen LogP contribution in [0.1, 0.15) is 25.6 Å². The van der Waals surface area contributed by atoms with E-state index in [0.717, 1.165) is 24.4 Å². The van der Waals surface area contributed by atoms with Gasteiger partial charge in [-0.25, -0.2) is 0 Å². The van der Waals surface area contributed by atoms with Crippen molar-refractivity contribution in [1.82, 2.24) is 15.1 Å². The molecule has 1 unspecified atom stereocenters. The normalized spacial score (nSPS) is 18.9. The van der Waals surface area contributed by atoms with Crippen LogP contribution >= 0.6 is 0 Å². The number of hydrogen-bond donors (Lipinski definition) is 1. The summed E-state index contributed by atoms with van der Waals surface area (Å²) in [6.45, 7) is 6.33. The summed E-state index contributed by atoms with van der Waals surface area (Å²) in [5, 5.41) is 3.28. The van der Waals surface area contributed by atoms with Gasteiger partial charge in [-0.2, -0.15) is 0 Å². The lowest BCUT2D eigenvalue weighted by molar-refractivity contribution is -0.128. The van der Waals surface area contributed by atoms with E-state index in [2.05, 4.69) is 31.1 Å². The SMILES string of the molecule is COc1ccc(C2NCC(=O)N2CCN(C)C(C)C)cc1. The molecule has 1 atom stereocenters. The molecule has 2 rings (SSSR count). The summed E-state index contributed by atoms with van der Waals surface area (Å²) in [7, 11) is 3.74. The van der Waals surface area contributed by atoms with Gasteiger partial charge in [0.2, 0.25) is 5.91 Å². The number of amides is 1. The molecule has 0 radical (unpaired) electrons. The third-order valence-corrected chi connectivity index (χ3v) is 4.09. The molecule has 1 N–H and O–H groups in total. The van der Waals surface area contributed by atoms with Gasteiger partial charge >= 0.3 is 0 Å². The van der Waals surface area contributed by atoms with E-state index in [-0.39, 0.29) is 12.1 Å². The second kappa shape index (κ2) is 6.91.